The van der Waals surface area contributed by atoms with Crippen molar-refractivity contribution in [3.8, 4) is 0 Å². The predicted octanol–water partition coefficient (Wildman–Crippen LogP) is 3.71. The van der Waals surface area contributed by atoms with Crippen molar-refractivity contribution in [2.24, 2.45) is 0 Å². The summed E-state index contributed by atoms with van der Waals surface area (Å²) in [6, 6.07) is 1.43. The monoisotopic (exact) mass is 477 g/mol. The normalized spacial score (nSPS) is 10.0. The molecule has 0 atom stereocenters. The maximum absolute atomic E-state index is 11.5. The first-order valence-electron chi connectivity index (χ1n) is 3.72. The molecule has 1 rings (SSSR count). The van der Waals surface area contributed by atoms with Crippen molar-refractivity contribution in [3.05, 3.63) is 30.6 Å². The molecule has 0 radical (unpaired) electrons. The van der Waals surface area contributed by atoms with E-state index in [-0.39, 0.29) is 11.1 Å². The third-order valence-corrected chi connectivity index (χ3v) is 5.37. The molecule has 0 saturated heterocycles. The summed E-state index contributed by atoms with van der Waals surface area (Å²) in [7, 11) is 0. The molecule has 0 aliphatic rings. The van der Waals surface area contributed by atoms with Gasteiger partial charge in [0.2, 0.25) is 0 Å². The molecule has 8 heteroatoms. The Hall–Kier alpha value is 0.0800. The van der Waals surface area contributed by atoms with Gasteiger partial charge in [-0.15, -0.1) is 0 Å². The second kappa shape index (κ2) is 5.61. The minimum atomic E-state index is -1.19. The van der Waals surface area contributed by atoms with E-state index < -0.39 is 11.9 Å². The van der Waals surface area contributed by atoms with Crippen LogP contribution in [0, 0.1) is 0 Å². The average Bonchev–Trinajstić information content (AvgIpc) is 2.23. The molecule has 16 heavy (non-hydrogen) atoms. The van der Waals surface area contributed by atoms with Gasteiger partial charge < -0.3 is 5.11 Å². The molecule has 1 amide bonds. The molecule has 86 valence electrons. The van der Waals surface area contributed by atoms with Gasteiger partial charge in [0.1, 0.15) is 0 Å². The Labute approximate surface area is 125 Å². The van der Waals surface area contributed by atoms with Crippen molar-refractivity contribution in [2.45, 2.75) is 0 Å². The number of halogens is 4. The molecule has 1 aromatic carbocycles. The Morgan fingerprint density at radius 3 is 2.19 bits per heavy atom. The molecule has 0 aromatic heterocycles. The lowest BCUT2D eigenvalue weighted by Crippen LogP contribution is -2.17. The summed E-state index contributed by atoms with van der Waals surface area (Å²) in [6.07, 6.45) is 0. The van der Waals surface area contributed by atoms with Crippen molar-refractivity contribution in [3.63, 3.8) is 0 Å². The average molecular weight is 481 g/mol. The maximum atomic E-state index is 11.5. The highest BCUT2D eigenvalue weighted by Gasteiger charge is 2.23. The number of carboxylic acids is 1. The van der Waals surface area contributed by atoms with Gasteiger partial charge in [-0.3, -0.25) is 9.14 Å². The summed E-state index contributed by atoms with van der Waals surface area (Å²) in [6.45, 7) is 0. The van der Waals surface area contributed by atoms with E-state index in [0.29, 0.717) is 13.4 Å². The van der Waals surface area contributed by atoms with Gasteiger partial charge in [0.05, 0.1) is 11.1 Å². The van der Waals surface area contributed by atoms with Crippen molar-refractivity contribution in [2.75, 3.05) is 0 Å². The standard InChI is InChI=1S/C8H3Br4NO3/c9-3-1-2(7(14)13-12)4(8(15)16)6(11)5(3)10/h1H,(H,13,14)(H,15,16). The van der Waals surface area contributed by atoms with E-state index in [9.17, 15) is 9.59 Å². The molecule has 0 unspecified atom stereocenters. The summed E-state index contributed by atoms with van der Waals surface area (Å²) in [5.74, 6) is -1.72. The number of benzene rings is 1. The molecule has 4 nitrogen and oxygen atoms in total. The van der Waals surface area contributed by atoms with Crippen LogP contribution in [0.2, 0.25) is 0 Å². The summed E-state index contributed by atoms with van der Waals surface area (Å²) in [5.41, 5.74) is -0.0571. The van der Waals surface area contributed by atoms with Crippen LogP contribution in [-0.2, 0) is 0 Å². The van der Waals surface area contributed by atoms with Gasteiger partial charge in [0.25, 0.3) is 5.91 Å². The van der Waals surface area contributed by atoms with Crippen molar-refractivity contribution in [1.82, 2.24) is 4.34 Å². The van der Waals surface area contributed by atoms with Crippen LogP contribution in [0.4, 0.5) is 0 Å². The zero-order valence-electron chi connectivity index (χ0n) is 7.35. The first-order chi connectivity index (χ1) is 7.40. The van der Waals surface area contributed by atoms with Gasteiger partial charge >= 0.3 is 5.97 Å². The lowest BCUT2D eigenvalue weighted by Gasteiger charge is -2.09. The van der Waals surface area contributed by atoms with Gasteiger partial charge in [-0.25, -0.2) is 4.79 Å². The number of carbonyl (C=O) groups is 2. The maximum Gasteiger partial charge on any atom is 0.337 e. The highest BCUT2D eigenvalue weighted by Crippen LogP contribution is 2.36. The second-order valence-corrected chi connectivity index (χ2v) is 5.47. The Kier molecular flexibility index (Phi) is 4.96. The first kappa shape index (κ1) is 14.1. The molecule has 2 N–H and O–H groups in total. The smallest absolute Gasteiger partial charge is 0.337 e. The topological polar surface area (TPSA) is 66.4 Å². The van der Waals surface area contributed by atoms with Crippen LogP contribution < -0.4 is 4.34 Å². The molecule has 0 heterocycles. The van der Waals surface area contributed by atoms with Crippen molar-refractivity contribution < 1.29 is 14.7 Å². The fraction of sp³-hybridized carbons (Fsp3) is 0. The van der Waals surface area contributed by atoms with E-state index in [1.54, 1.807) is 0 Å². The van der Waals surface area contributed by atoms with E-state index in [2.05, 4.69) is 68.3 Å². The Morgan fingerprint density at radius 2 is 1.75 bits per heavy atom. The number of rotatable bonds is 2. The van der Waals surface area contributed by atoms with Gasteiger partial charge in [-0.05, 0) is 53.9 Å². The van der Waals surface area contributed by atoms with E-state index >= 15 is 0 Å². The highest BCUT2D eigenvalue weighted by atomic mass is 79.9. The summed E-state index contributed by atoms with van der Waals surface area (Å²) >= 11 is 12.3. The number of amides is 1. The number of nitrogens with one attached hydrogen (secondary N) is 1. The number of aromatic carboxylic acids is 1. The Balaban J connectivity index is 3.60. The van der Waals surface area contributed by atoms with E-state index in [1.807, 2.05) is 0 Å². The SMILES string of the molecule is O=C(NBr)c1cc(Br)c(Br)c(Br)c1C(=O)O. The third-order valence-electron chi connectivity index (χ3n) is 1.71. The minimum absolute atomic E-state index is 0.0475. The van der Waals surface area contributed by atoms with Crippen LogP contribution in [-0.4, -0.2) is 17.0 Å². The number of carbonyl (C=O) groups excluding carboxylic acids is 1. The Bertz CT molecular complexity index is 475. The first-order valence-corrected chi connectivity index (χ1v) is 6.89. The van der Waals surface area contributed by atoms with Crippen LogP contribution in [0.1, 0.15) is 20.7 Å². The van der Waals surface area contributed by atoms with Gasteiger partial charge in [0, 0.05) is 29.6 Å². The molecule has 0 saturated carbocycles. The molecule has 0 fully saturated rings. The molecule has 0 aliphatic heterocycles. The quantitative estimate of drug-likeness (QED) is 0.501. The van der Waals surface area contributed by atoms with E-state index in [4.69, 9.17) is 5.11 Å². The minimum Gasteiger partial charge on any atom is -0.478 e. The van der Waals surface area contributed by atoms with Crippen LogP contribution >= 0.6 is 63.9 Å². The number of hydrogen-bond acceptors (Lipinski definition) is 2. The van der Waals surface area contributed by atoms with Crippen LogP contribution in [0.5, 0.6) is 0 Å². The van der Waals surface area contributed by atoms with Crippen molar-refractivity contribution in [1.29, 1.82) is 0 Å². The zero-order chi connectivity index (χ0) is 12.5. The predicted molar refractivity (Wildman–Crippen MR) is 72.9 cm³/mol. The lowest BCUT2D eigenvalue weighted by atomic mass is 10.1. The molecular weight excluding hydrogens is 478 g/mol. The van der Waals surface area contributed by atoms with E-state index in [0.717, 1.165) is 0 Å². The zero-order valence-corrected chi connectivity index (χ0v) is 13.7. The molecular formula is C8H3Br4NO3. The fourth-order valence-electron chi connectivity index (χ4n) is 1.03. The molecule has 0 bridgehead atoms. The molecule has 0 spiro atoms. The third kappa shape index (κ3) is 2.66. The van der Waals surface area contributed by atoms with Crippen molar-refractivity contribution >= 4 is 75.8 Å². The van der Waals surface area contributed by atoms with Gasteiger partial charge in [0.15, 0.2) is 0 Å². The summed E-state index contributed by atoms with van der Waals surface area (Å²) < 4.78 is 3.63. The number of hydrogen-bond donors (Lipinski definition) is 2. The van der Waals surface area contributed by atoms with Crippen LogP contribution in [0.25, 0.3) is 0 Å². The summed E-state index contributed by atoms with van der Waals surface area (Å²) in [5, 5.41) is 9.04. The van der Waals surface area contributed by atoms with Crippen LogP contribution in [0.3, 0.4) is 0 Å². The number of carboxylic acid groups (broad SMARTS) is 1. The van der Waals surface area contributed by atoms with Gasteiger partial charge in [-0.1, -0.05) is 0 Å². The Morgan fingerprint density at radius 1 is 1.19 bits per heavy atom. The van der Waals surface area contributed by atoms with Gasteiger partial charge in [-0.2, -0.15) is 0 Å². The largest absolute Gasteiger partial charge is 0.478 e. The molecule has 0 aliphatic carbocycles. The second-order valence-electron chi connectivity index (χ2n) is 2.64. The molecule has 1 aromatic rings. The lowest BCUT2D eigenvalue weighted by molar-refractivity contribution is 0.0690. The van der Waals surface area contributed by atoms with Crippen LogP contribution in [0.15, 0.2) is 19.5 Å². The van der Waals surface area contributed by atoms with E-state index in [1.165, 1.54) is 6.07 Å². The fourth-order valence-corrected chi connectivity index (χ4v) is 2.85. The highest BCUT2D eigenvalue weighted by molar-refractivity contribution is 9.14. The summed E-state index contributed by atoms with van der Waals surface area (Å²) in [4.78, 5) is 22.5.